The molecule has 3 nitrogen and oxygen atoms in total. The van der Waals surface area contributed by atoms with Crippen LogP contribution >= 0.6 is 0 Å². The van der Waals surface area contributed by atoms with Crippen LogP contribution in [0.15, 0.2) is 0 Å². The van der Waals surface area contributed by atoms with E-state index in [0.717, 1.165) is 19.6 Å². The zero-order valence-corrected chi connectivity index (χ0v) is 12.2. The first kappa shape index (κ1) is 14.3. The molecule has 0 aromatic heterocycles. The summed E-state index contributed by atoms with van der Waals surface area (Å²) in [6.07, 6.45) is 9.01. The third kappa shape index (κ3) is 4.52. The van der Waals surface area contributed by atoms with Crippen LogP contribution in [0.5, 0.6) is 0 Å². The maximum Gasteiger partial charge on any atom is 0.0707 e. The van der Waals surface area contributed by atoms with Crippen molar-refractivity contribution in [3.63, 3.8) is 0 Å². The van der Waals surface area contributed by atoms with Crippen molar-refractivity contribution >= 4 is 0 Å². The van der Waals surface area contributed by atoms with Crippen molar-refractivity contribution in [2.24, 2.45) is 0 Å². The van der Waals surface area contributed by atoms with Crippen LogP contribution in [0.2, 0.25) is 0 Å². The molecule has 3 heteroatoms. The van der Waals surface area contributed by atoms with Gasteiger partial charge in [-0.15, -0.1) is 0 Å². The molecule has 1 N–H and O–H groups in total. The van der Waals surface area contributed by atoms with Gasteiger partial charge in [-0.2, -0.15) is 0 Å². The molecule has 3 unspecified atom stereocenters. The lowest BCUT2D eigenvalue weighted by Gasteiger charge is -2.32. The van der Waals surface area contributed by atoms with Crippen molar-refractivity contribution in [1.29, 1.82) is 0 Å². The molecule has 2 heterocycles. The molecule has 0 aromatic rings. The molecule has 3 atom stereocenters. The zero-order valence-electron chi connectivity index (χ0n) is 12.2. The van der Waals surface area contributed by atoms with E-state index in [4.69, 9.17) is 4.74 Å². The minimum absolute atomic E-state index is 0.533. The maximum absolute atomic E-state index is 5.86. The first-order valence-electron chi connectivity index (χ1n) is 7.89. The lowest BCUT2D eigenvalue weighted by Crippen LogP contribution is -2.45. The molecule has 2 aliphatic rings. The minimum Gasteiger partial charge on any atom is -0.372 e. The van der Waals surface area contributed by atoms with Crippen LogP contribution in [0.25, 0.3) is 0 Å². The van der Waals surface area contributed by atoms with E-state index in [-0.39, 0.29) is 0 Å². The molecule has 0 saturated carbocycles. The number of ether oxygens (including phenoxy) is 1. The SMILES string of the molecule is CCCCCC(C)NCCN1CC2CCC(C1)O2. The molecule has 0 aromatic carbocycles. The number of nitrogens with zero attached hydrogens (tertiary/aromatic N) is 1. The second-order valence-corrected chi connectivity index (χ2v) is 6.07. The van der Waals surface area contributed by atoms with E-state index in [9.17, 15) is 0 Å². The van der Waals surface area contributed by atoms with Crippen LogP contribution in [0.3, 0.4) is 0 Å². The molecule has 106 valence electrons. The fourth-order valence-electron chi connectivity index (χ4n) is 3.15. The van der Waals surface area contributed by atoms with Crippen LogP contribution in [-0.2, 0) is 4.74 Å². The van der Waals surface area contributed by atoms with Gasteiger partial charge in [-0.25, -0.2) is 0 Å². The van der Waals surface area contributed by atoms with E-state index in [0.29, 0.717) is 18.2 Å². The average Bonchev–Trinajstić information content (AvgIpc) is 2.69. The van der Waals surface area contributed by atoms with Crippen LogP contribution in [0.4, 0.5) is 0 Å². The minimum atomic E-state index is 0.533. The van der Waals surface area contributed by atoms with Crippen molar-refractivity contribution < 1.29 is 4.74 Å². The third-order valence-electron chi connectivity index (χ3n) is 4.28. The van der Waals surface area contributed by atoms with Crippen molar-refractivity contribution in [2.45, 2.75) is 70.6 Å². The molecule has 0 amide bonds. The molecular formula is C15H30N2O. The van der Waals surface area contributed by atoms with Crippen LogP contribution in [0, 0.1) is 0 Å². The van der Waals surface area contributed by atoms with Crippen molar-refractivity contribution in [3.05, 3.63) is 0 Å². The molecule has 18 heavy (non-hydrogen) atoms. The van der Waals surface area contributed by atoms with E-state index in [1.54, 1.807) is 0 Å². The highest BCUT2D eigenvalue weighted by atomic mass is 16.5. The molecule has 2 fully saturated rings. The molecular weight excluding hydrogens is 224 g/mol. The standard InChI is InChI=1S/C15H30N2O/c1-3-4-5-6-13(2)16-9-10-17-11-14-7-8-15(12-17)18-14/h13-16H,3-12H2,1-2H3. The number of hydrogen-bond donors (Lipinski definition) is 1. The molecule has 2 saturated heterocycles. The molecule has 0 aliphatic carbocycles. The van der Waals surface area contributed by atoms with Crippen molar-refractivity contribution in [3.8, 4) is 0 Å². The number of morpholine rings is 1. The van der Waals surface area contributed by atoms with Gasteiger partial charge in [0, 0.05) is 32.2 Å². The number of nitrogens with one attached hydrogen (secondary N) is 1. The van der Waals surface area contributed by atoms with Gasteiger partial charge in [0.25, 0.3) is 0 Å². The Bertz CT molecular complexity index is 223. The van der Waals surface area contributed by atoms with E-state index < -0.39 is 0 Å². The lowest BCUT2D eigenvalue weighted by molar-refractivity contribution is -0.0377. The summed E-state index contributed by atoms with van der Waals surface area (Å²) >= 11 is 0. The Balaban J connectivity index is 1.52. The Hall–Kier alpha value is -0.120. The molecule has 2 rings (SSSR count). The molecule has 0 radical (unpaired) electrons. The summed E-state index contributed by atoms with van der Waals surface area (Å²) in [6, 6.07) is 0.675. The second kappa shape index (κ2) is 7.46. The number of fused-ring (bicyclic) bond motifs is 2. The van der Waals surface area contributed by atoms with Gasteiger partial charge in [0.05, 0.1) is 12.2 Å². The Kier molecular flexibility index (Phi) is 5.93. The summed E-state index contributed by atoms with van der Waals surface area (Å²) in [5.74, 6) is 0. The monoisotopic (exact) mass is 254 g/mol. The zero-order chi connectivity index (χ0) is 12.8. The molecule has 2 aliphatic heterocycles. The van der Waals surface area contributed by atoms with Gasteiger partial charge in [0.15, 0.2) is 0 Å². The Labute approximate surface area is 112 Å². The number of likely N-dealkylation sites (tertiary alicyclic amines) is 1. The van der Waals surface area contributed by atoms with E-state index in [1.165, 1.54) is 45.1 Å². The normalized spacial score (nSPS) is 29.7. The van der Waals surface area contributed by atoms with Gasteiger partial charge in [-0.3, -0.25) is 4.90 Å². The van der Waals surface area contributed by atoms with E-state index in [2.05, 4.69) is 24.1 Å². The van der Waals surface area contributed by atoms with Gasteiger partial charge < -0.3 is 10.1 Å². The summed E-state index contributed by atoms with van der Waals surface area (Å²) in [6.45, 7) is 9.22. The van der Waals surface area contributed by atoms with Crippen LogP contribution in [-0.4, -0.2) is 49.3 Å². The predicted molar refractivity (Wildman–Crippen MR) is 75.9 cm³/mol. The van der Waals surface area contributed by atoms with Gasteiger partial charge in [-0.05, 0) is 26.2 Å². The fourth-order valence-corrected chi connectivity index (χ4v) is 3.15. The van der Waals surface area contributed by atoms with Gasteiger partial charge in [0.2, 0.25) is 0 Å². The average molecular weight is 254 g/mol. The van der Waals surface area contributed by atoms with Gasteiger partial charge in [0.1, 0.15) is 0 Å². The second-order valence-electron chi connectivity index (χ2n) is 6.07. The highest BCUT2D eigenvalue weighted by Gasteiger charge is 2.33. The first-order valence-corrected chi connectivity index (χ1v) is 7.89. The lowest BCUT2D eigenvalue weighted by atomic mass is 10.1. The van der Waals surface area contributed by atoms with E-state index in [1.807, 2.05) is 0 Å². The Morgan fingerprint density at radius 3 is 2.61 bits per heavy atom. The predicted octanol–water partition coefficient (Wildman–Crippen LogP) is 2.41. The quantitative estimate of drug-likeness (QED) is 0.673. The van der Waals surface area contributed by atoms with Crippen LogP contribution < -0.4 is 5.32 Å². The summed E-state index contributed by atoms with van der Waals surface area (Å²) < 4.78 is 5.86. The van der Waals surface area contributed by atoms with Crippen LogP contribution in [0.1, 0.15) is 52.4 Å². The van der Waals surface area contributed by atoms with Crippen molar-refractivity contribution in [1.82, 2.24) is 10.2 Å². The fraction of sp³-hybridized carbons (Fsp3) is 1.00. The summed E-state index contributed by atoms with van der Waals surface area (Å²) in [5, 5.41) is 3.66. The first-order chi connectivity index (χ1) is 8.78. The highest BCUT2D eigenvalue weighted by Crippen LogP contribution is 2.25. The molecule has 2 bridgehead atoms. The topological polar surface area (TPSA) is 24.5 Å². The van der Waals surface area contributed by atoms with Gasteiger partial charge in [-0.1, -0.05) is 26.2 Å². The Morgan fingerprint density at radius 2 is 1.94 bits per heavy atom. The highest BCUT2D eigenvalue weighted by molar-refractivity contribution is 4.85. The largest absolute Gasteiger partial charge is 0.372 e. The smallest absolute Gasteiger partial charge is 0.0707 e. The Morgan fingerprint density at radius 1 is 1.22 bits per heavy atom. The summed E-state index contributed by atoms with van der Waals surface area (Å²) in [7, 11) is 0. The molecule has 0 spiro atoms. The number of rotatable bonds is 8. The third-order valence-corrected chi connectivity index (χ3v) is 4.28. The van der Waals surface area contributed by atoms with Gasteiger partial charge >= 0.3 is 0 Å². The maximum atomic E-state index is 5.86. The van der Waals surface area contributed by atoms with Crippen molar-refractivity contribution in [2.75, 3.05) is 26.2 Å². The summed E-state index contributed by atoms with van der Waals surface area (Å²) in [5.41, 5.74) is 0. The van der Waals surface area contributed by atoms with E-state index >= 15 is 0 Å². The summed E-state index contributed by atoms with van der Waals surface area (Å²) in [4.78, 5) is 2.58. The number of hydrogen-bond acceptors (Lipinski definition) is 3. The number of unbranched alkanes of at least 4 members (excludes halogenated alkanes) is 2.